The number of thioether (sulfide) groups is 1. The van der Waals surface area contributed by atoms with Crippen molar-refractivity contribution in [3.05, 3.63) is 101 Å². The van der Waals surface area contributed by atoms with Gasteiger partial charge in [-0.25, -0.2) is 9.69 Å². The average Bonchev–Trinajstić information content (AvgIpc) is 3.08. The summed E-state index contributed by atoms with van der Waals surface area (Å²) in [6, 6.07) is 25.2. The first-order chi connectivity index (χ1) is 16.4. The van der Waals surface area contributed by atoms with Gasteiger partial charge in [-0.2, -0.15) is 0 Å². The van der Waals surface area contributed by atoms with Crippen molar-refractivity contribution < 1.29 is 19.1 Å². The minimum Gasteiger partial charge on any atom is -0.459 e. The highest BCUT2D eigenvalue weighted by Gasteiger charge is 2.42. The number of imide groups is 1. The summed E-state index contributed by atoms with van der Waals surface area (Å²) in [5.74, 6) is -1.29. The Bertz CT molecular complexity index is 1240. The summed E-state index contributed by atoms with van der Waals surface area (Å²) in [6.45, 7) is 3.55. The van der Waals surface area contributed by atoms with E-state index in [-0.39, 0.29) is 6.10 Å². The summed E-state index contributed by atoms with van der Waals surface area (Å²) in [5.41, 5.74) is 1.83. The summed E-state index contributed by atoms with van der Waals surface area (Å²) in [5, 5.41) is 0. The third-order valence-corrected chi connectivity index (χ3v) is 6.24. The molecule has 34 heavy (non-hydrogen) atoms. The van der Waals surface area contributed by atoms with Gasteiger partial charge in [0.25, 0.3) is 11.8 Å². The van der Waals surface area contributed by atoms with Crippen LogP contribution in [0.3, 0.4) is 0 Å². The van der Waals surface area contributed by atoms with E-state index in [9.17, 15) is 14.4 Å². The van der Waals surface area contributed by atoms with Crippen LogP contribution in [-0.2, 0) is 14.3 Å². The molecule has 0 bridgehead atoms. The molecule has 0 N–H and O–H groups in total. The lowest BCUT2D eigenvalue weighted by Crippen LogP contribution is -2.34. The second-order valence-corrected chi connectivity index (χ2v) is 9.02. The summed E-state index contributed by atoms with van der Waals surface area (Å²) >= 11 is 1.26. The molecule has 0 fully saturated rings. The Morgan fingerprint density at radius 3 is 2.03 bits per heavy atom. The second kappa shape index (κ2) is 9.97. The number of anilines is 2. The maximum absolute atomic E-state index is 13.6. The number of esters is 1. The first kappa shape index (κ1) is 23.3. The molecule has 0 aliphatic carbocycles. The van der Waals surface area contributed by atoms with Crippen LogP contribution in [0.15, 0.2) is 100 Å². The van der Waals surface area contributed by atoms with Crippen LogP contribution in [-0.4, -0.2) is 30.9 Å². The van der Waals surface area contributed by atoms with Gasteiger partial charge >= 0.3 is 5.97 Å². The molecule has 0 saturated carbocycles. The van der Waals surface area contributed by atoms with Crippen molar-refractivity contribution in [2.24, 2.45) is 0 Å². The van der Waals surface area contributed by atoms with Gasteiger partial charge in [0.15, 0.2) is 0 Å². The molecule has 172 valence electrons. The number of nitrogens with zero attached hydrogens (tertiary/aromatic N) is 2. The molecule has 0 saturated heterocycles. The molecule has 1 aliphatic rings. The van der Waals surface area contributed by atoms with E-state index in [1.165, 1.54) is 11.8 Å². The number of hydrogen-bond donors (Lipinski definition) is 0. The first-order valence-electron chi connectivity index (χ1n) is 10.8. The van der Waals surface area contributed by atoms with Crippen molar-refractivity contribution >= 4 is 40.9 Å². The van der Waals surface area contributed by atoms with Gasteiger partial charge < -0.3 is 9.64 Å². The van der Waals surface area contributed by atoms with Crippen LogP contribution in [0, 0.1) is 0 Å². The number of hydrogen-bond acceptors (Lipinski definition) is 6. The maximum Gasteiger partial charge on any atom is 0.338 e. The summed E-state index contributed by atoms with van der Waals surface area (Å²) in [6.07, 6.45) is -0.244. The maximum atomic E-state index is 13.6. The number of likely N-dealkylation sites (N-methyl/N-ethyl adjacent to an activating group) is 1. The Hall–Kier alpha value is -3.84. The Balaban J connectivity index is 1.70. The third kappa shape index (κ3) is 4.75. The fourth-order valence-corrected chi connectivity index (χ4v) is 4.56. The van der Waals surface area contributed by atoms with Crippen LogP contribution in [0.1, 0.15) is 24.2 Å². The highest BCUT2D eigenvalue weighted by Crippen LogP contribution is 2.39. The number of amides is 2. The molecule has 0 radical (unpaired) electrons. The average molecular weight is 473 g/mol. The number of rotatable bonds is 7. The zero-order valence-electron chi connectivity index (χ0n) is 19.1. The van der Waals surface area contributed by atoms with Gasteiger partial charge in [0.2, 0.25) is 0 Å². The fraction of sp³-hybridized carbons (Fsp3) is 0.148. The van der Waals surface area contributed by atoms with Crippen LogP contribution in [0.2, 0.25) is 0 Å². The zero-order valence-corrected chi connectivity index (χ0v) is 19.9. The van der Waals surface area contributed by atoms with Gasteiger partial charge in [-0.3, -0.25) is 9.59 Å². The van der Waals surface area contributed by atoms with Gasteiger partial charge in [-0.15, -0.1) is 0 Å². The molecule has 0 spiro atoms. The normalized spacial score (nSPS) is 13.6. The standard InChI is InChI=1S/C27H24N2O4S/c1-18(2)33-27(32)19-14-16-21(17-15-19)29-25(30)23(28(3)20-10-6-4-7-11-20)24(26(29)31)34-22-12-8-5-9-13-22/h4-18H,1-3H3. The van der Waals surface area contributed by atoms with Crippen LogP contribution in [0.4, 0.5) is 11.4 Å². The van der Waals surface area contributed by atoms with E-state index in [0.717, 1.165) is 15.5 Å². The van der Waals surface area contributed by atoms with Crippen LogP contribution in [0.5, 0.6) is 0 Å². The highest BCUT2D eigenvalue weighted by molar-refractivity contribution is 8.04. The van der Waals surface area contributed by atoms with E-state index in [0.29, 0.717) is 21.9 Å². The monoisotopic (exact) mass is 472 g/mol. The van der Waals surface area contributed by atoms with Crippen molar-refractivity contribution in [2.75, 3.05) is 16.8 Å². The van der Waals surface area contributed by atoms with E-state index in [2.05, 4.69) is 0 Å². The van der Waals surface area contributed by atoms with Crippen LogP contribution in [0.25, 0.3) is 0 Å². The Kier molecular flexibility index (Phi) is 6.84. The minimum absolute atomic E-state index is 0.244. The van der Waals surface area contributed by atoms with Crippen LogP contribution >= 0.6 is 11.8 Å². The molecule has 3 aromatic carbocycles. The fourth-order valence-electron chi connectivity index (χ4n) is 3.54. The van der Waals surface area contributed by atoms with Crippen molar-refractivity contribution in [3.8, 4) is 0 Å². The first-order valence-corrected chi connectivity index (χ1v) is 11.6. The predicted molar refractivity (Wildman–Crippen MR) is 134 cm³/mol. The van der Waals surface area contributed by atoms with Gasteiger partial charge in [0.05, 0.1) is 17.4 Å². The molecule has 2 amide bonds. The SMILES string of the molecule is CC(C)OC(=O)c1ccc(N2C(=O)C(Sc3ccccc3)=C(N(C)c3ccccc3)C2=O)cc1. The molecule has 4 rings (SSSR count). The smallest absolute Gasteiger partial charge is 0.338 e. The van der Waals surface area contributed by atoms with E-state index >= 15 is 0 Å². The van der Waals surface area contributed by atoms with Crippen molar-refractivity contribution in [2.45, 2.75) is 24.8 Å². The van der Waals surface area contributed by atoms with E-state index in [4.69, 9.17) is 4.74 Å². The highest BCUT2D eigenvalue weighted by atomic mass is 32.2. The zero-order chi connectivity index (χ0) is 24.2. The minimum atomic E-state index is -0.455. The predicted octanol–water partition coefficient (Wildman–Crippen LogP) is 5.27. The van der Waals surface area contributed by atoms with Gasteiger partial charge in [-0.05, 0) is 62.4 Å². The molecule has 1 heterocycles. The summed E-state index contributed by atoms with van der Waals surface area (Å²) in [4.78, 5) is 43.4. The molecule has 0 atom stereocenters. The number of carbonyl (C=O) groups is 3. The van der Waals surface area contributed by atoms with Crippen molar-refractivity contribution in [1.29, 1.82) is 0 Å². The van der Waals surface area contributed by atoms with E-state index in [1.807, 2.05) is 60.7 Å². The molecular formula is C27H24N2O4S. The topological polar surface area (TPSA) is 66.9 Å². The Morgan fingerprint density at radius 2 is 1.44 bits per heavy atom. The number of para-hydroxylation sites is 1. The lowest BCUT2D eigenvalue weighted by Gasteiger charge is -2.21. The summed E-state index contributed by atoms with van der Waals surface area (Å²) < 4.78 is 5.22. The van der Waals surface area contributed by atoms with Gasteiger partial charge in [0.1, 0.15) is 10.6 Å². The second-order valence-electron chi connectivity index (χ2n) is 7.93. The Morgan fingerprint density at radius 1 is 0.853 bits per heavy atom. The lowest BCUT2D eigenvalue weighted by atomic mass is 10.2. The number of carbonyl (C=O) groups excluding carboxylic acids is 3. The molecule has 1 aliphatic heterocycles. The van der Waals surface area contributed by atoms with Gasteiger partial charge in [0, 0.05) is 17.6 Å². The molecule has 0 aromatic heterocycles. The lowest BCUT2D eigenvalue weighted by molar-refractivity contribution is -0.120. The Labute approximate surface area is 202 Å². The van der Waals surface area contributed by atoms with E-state index in [1.54, 1.807) is 50.1 Å². The van der Waals surface area contributed by atoms with E-state index < -0.39 is 17.8 Å². The molecule has 7 heteroatoms. The number of ether oxygens (including phenoxy) is 1. The molecular weight excluding hydrogens is 448 g/mol. The largest absolute Gasteiger partial charge is 0.459 e. The number of benzene rings is 3. The quantitative estimate of drug-likeness (QED) is 0.345. The van der Waals surface area contributed by atoms with Gasteiger partial charge in [-0.1, -0.05) is 48.2 Å². The van der Waals surface area contributed by atoms with Crippen LogP contribution < -0.4 is 9.80 Å². The van der Waals surface area contributed by atoms with Crippen molar-refractivity contribution in [3.63, 3.8) is 0 Å². The van der Waals surface area contributed by atoms with Crippen molar-refractivity contribution in [1.82, 2.24) is 0 Å². The summed E-state index contributed by atoms with van der Waals surface area (Å²) in [7, 11) is 1.77. The molecule has 3 aromatic rings. The molecule has 0 unspecified atom stereocenters. The molecule has 6 nitrogen and oxygen atoms in total. The third-order valence-electron chi connectivity index (χ3n) is 5.16.